The highest BCUT2D eigenvalue weighted by molar-refractivity contribution is 7.47. The van der Waals surface area contributed by atoms with Crippen molar-refractivity contribution in [1.29, 1.82) is 0 Å². The normalized spacial score (nSPS) is 31.4. The van der Waals surface area contributed by atoms with Gasteiger partial charge in [0.15, 0.2) is 0 Å². The standard InChI is InChI=1S/C22H23O4P/c1-13-7-8-14(2)20-16(13)10-12-19-22(20)21-17-6-4-3-5-15(17)9-11-18(21)25-27(23,24)26-19/h3-6,9-10,12-14,18H,7-8,11H2,1-2H3,(H,23,24). The molecule has 1 N–H and O–H groups in total. The number of phosphoric acid groups is 1. The summed E-state index contributed by atoms with van der Waals surface area (Å²) in [5.41, 5.74) is 4.55. The predicted octanol–water partition coefficient (Wildman–Crippen LogP) is 3.95. The molecule has 0 fully saturated rings. The first-order valence-corrected chi connectivity index (χ1v) is 11.1. The van der Waals surface area contributed by atoms with E-state index in [0.29, 0.717) is 24.0 Å². The first-order valence-electron chi connectivity index (χ1n) is 9.62. The van der Waals surface area contributed by atoms with Crippen LogP contribution in [-0.2, 0) is 9.09 Å². The van der Waals surface area contributed by atoms with Crippen LogP contribution in [-0.4, -0.2) is 11.0 Å². The highest BCUT2D eigenvalue weighted by atomic mass is 31.2. The molecule has 0 amide bonds. The molecule has 0 radical (unpaired) electrons. The summed E-state index contributed by atoms with van der Waals surface area (Å²) in [7, 11) is -4.18. The molecule has 4 atom stereocenters. The van der Waals surface area contributed by atoms with E-state index in [4.69, 9.17) is 9.05 Å². The van der Waals surface area contributed by atoms with Crippen molar-refractivity contribution in [2.24, 2.45) is 0 Å². The van der Waals surface area contributed by atoms with Crippen molar-refractivity contribution < 1.29 is 18.5 Å². The van der Waals surface area contributed by atoms with E-state index in [1.165, 1.54) is 11.1 Å². The second-order valence-corrected chi connectivity index (χ2v) is 9.25. The van der Waals surface area contributed by atoms with E-state index in [1.807, 2.05) is 18.2 Å². The summed E-state index contributed by atoms with van der Waals surface area (Å²) in [6.45, 7) is 4.50. The second-order valence-electron chi connectivity index (χ2n) is 7.92. The summed E-state index contributed by atoms with van der Waals surface area (Å²) in [4.78, 5) is 10.3. The Morgan fingerprint density at radius 1 is 1.07 bits per heavy atom. The first kappa shape index (κ1) is 17.2. The quantitative estimate of drug-likeness (QED) is 0.701. The van der Waals surface area contributed by atoms with Gasteiger partial charge in [-0.3, -0.25) is 9.42 Å². The van der Waals surface area contributed by atoms with Gasteiger partial charge in [0.25, 0.3) is 0 Å². The number of rotatable bonds is 0. The molecule has 140 valence electrons. The number of fused-ring (bicyclic) bond motifs is 6. The molecule has 0 spiro atoms. The second kappa shape index (κ2) is 6.07. The Bertz CT molecular complexity index is 1100. The van der Waals surface area contributed by atoms with Crippen LogP contribution in [0.25, 0.3) is 11.6 Å². The Labute approximate surface area is 158 Å². The molecule has 2 aromatic rings. The Morgan fingerprint density at radius 2 is 1.85 bits per heavy atom. The average Bonchev–Trinajstić information content (AvgIpc) is 2.76. The van der Waals surface area contributed by atoms with E-state index in [0.717, 1.165) is 34.4 Å². The van der Waals surface area contributed by atoms with E-state index >= 15 is 0 Å². The lowest BCUT2D eigenvalue weighted by Crippen LogP contribution is -2.36. The summed E-state index contributed by atoms with van der Waals surface area (Å²) in [5.74, 6) is 1.31. The zero-order valence-electron chi connectivity index (χ0n) is 15.5. The highest BCUT2D eigenvalue weighted by Gasteiger charge is 2.40. The number of benzene rings is 2. The number of hydrogen-bond acceptors (Lipinski definition) is 3. The van der Waals surface area contributed by atoms with Crippen LogP contribution in [0, 0.1) is 0 Å². The molecule has 0 bridgehead atoms. The topological polar surface area (TPSA) is 55.8 Å². The van der Waals surface area contributed by atoms with Crippen LogP contribution < -0.4 is 15.0 Å². The largest absolute Gasteiger partial charge is 0.528 e. The molecular weight excluding hydrogens is 359 g/mol. The van der Waals surface area contributed by atoms with Crippen molar-refractivity contribution in [3.05, 3.63) is 63.5 Å². The minimum atomic E-state index is -4.18. The summed E-state index contributed by atoms with van der Waals surface area (Å²) in [6.07, 6.45) is 4.43. The van der Waals surface area contributed by atoms with Gasteiger partial charge in [-0.15, -0.1) is 0 Å². The Kier molecular flexibility index (Phi) is 3.87. The molecule has 4 unspecified atom stereocenters. The highest BCUT2D eigenvalue weighted by Crippen LogP contribution is 2.55. The maximum atomic E-state index is 12.6. The molecule has 3 aliphatic rings. The zero-order valence-corrected chi connectivity index (χ0v) is 16.4. The lowest BCUT2D eigenvalue weighted by atomic mass is 9.73. The van der Waals surface area contributed by atoms with Gasteiger partial charge in [0.2, 0.25) is 0 Å². The summed E-state index contributed by atoms with van der Waals surface area (Å²) < 4.78 is 23.8. The Hall–Kier alpha value is -1.87. The number of phosphoric ester groups is 1. The van der Waals surface area contributed by atoms with Gasteiger partial charge in [-0.05, 0) is 58.7 Å². The molecule has 27 heavy (non-hydrogen) atoms. The maximum absolute atomic E-state index is 12.6. The van der Waals surface area contributed by atoms with Crippen LogP contribution in [0.3, 0.4) is 0 Å². The molecule has 0 saturated heterocycles. The van der Waals surface area contributed by atoms with Gasteiger partial charge in [-0.2, -0.15) is 0 Å². The van der Waals surface area contributed by atoms with E-state index in [2.05, 4.69) is 38.1 Å². The van der Waals surface area contributed by atoms with Crippen molar-refractivity contribution in [2.45, 2.75) is 51.0 Å². The molecule has 1 aliphatic heterocycles. The van der Waals surface area contributed by atoms with E-state index in [-0.39, 0.29) is 0 Å². The smallest absolute Gasteiger partial charge is 0.403 e. The average molecular weight is 382 g/mol. The third-order valence-corrected chi connectivity index (χ3v) is 7.11. The number of hydrogen-bond donors (Lipinski definition) is 1. The van der Waals surface area contributed by atoms with E-state index < -0.39 is 13.9 Å². The van der Waals surface area contributed by atoms with Gasteiger partial charge < -0.3 is 4.52 Å². The molecule has 5 rings (SSSR count). The molecule has 4 nitrogen and oxygen atoms in total. The monoisotopic (exact) mass is 382 g/mol. The third kappa shape index (κ3) is 2.70. The van der Waals surface area contributed by atoms with Crippen molar-refractivity contribution in [1.82, 2.24) is 0 Å². The molecule has 1 heterocycles. The molecule has 0 saturated carbocycles. The molecule has 2 aromatic carbocycles. The summed E-state index contributed by atoms with van der Waals surface area (Å²) in [6, 6.07) is 12.1. The molecule has 0 aromatic heterocycles. The van der Waals surface area contributed by atoms with Gasteiger partial charge in [-0.25, -0.2) is 4.57 Å². The van der Waals surface area contributed by atoms with Crippen molar-refractivity contribution in [3.8, 4) is 5.75 Å². The van der Waals surface area contributed by atoms with Crippen LogP contribution in [0.15, 0.2) is 36.4 Å². The predicted molar refractivity (Wildman–Crippen MR) is 105 cm³/mol. The lowest BCUT2D eigenvalue weighted by molar-refractivity contribution is 0.179. The minimum Gasteiger partial charge on any atom is -0.403 e. The fraction of sp³-hybridized carbons (Fsp3) is 0.364. The van der Waals surface area contributed by atoms with Crippen LogP contribution >= 0.6 is 7.82 Å². The van der Waals surface area contributed by atoms with Crippen LogP contribution in [0.5, 0.6) is 5.75 Å². The zero-order chi connectivity index (χ0) is 18.8. The van der Waals surface area contributed by atoms with Gasteiger partial charge in [0.1, 0.15) is 11.9 Å². The van der Waals surface area contributed by atoms with Crippen LogP contribution in [0.1, 0.15) is 61.6 Å². The molecule has 2 aliphatic carbocycles. The van der Waals surface area contributed by atoms with Gasteiger partial charge in [0, 0.05) is 11.1 Å². The van der Waals surface area contributed by atoms with Gasteiger partial charge >= 0.3 is 7.82 Å². The van der Waals surface area contributed by atoms with Crippen molar-refractivity contribution >= 4 is 19.5 Å². The minimum absolute atomic E-state index is 0.372. The summed E-state index contributed by atoms with van der Waals surface area (Å²) in [5, 5.41) is 2.21. The Balaban J connectivity index is 1.94. The first-order chi connectivity index (χ1) is 12.9. The fourth-order valence-corrected chi connectivity index (χ4v) is 5.83. The van der Waals surface area contributed by atoms with E-state index in [9.17, 15) is 9.46 Å². The lowest BCUT2D eigenvalue weighted by Gasteiger charge is -2.32. The van der Waals surface area contributed by atoms with Crippen molar-refractivity contribution in [2.75, 3.05) is 0 Å². The van der Waals surface area contributed by atoms with Crippen LogP contribution in [0.4, 0.5) is 0 Å². The summed E-state index contributed by atoms with van der Waals surface area (Å²) >= 11 is 0. The fourth-order valence-electron chi connectivity index (χ4n) is 4.87. The molecular formula is C22H23O4P. The maximum Gasteiger partial charge on any atom is 0.528 e. The third-order valence-electron chi connectivity index (χ3n) is 6.17. The van der Waals surface area contributed by atoms with Crippen LogP contribution in [0.2, 0.25) is 0 Å². The SMILES string of the molecule is CC1CCC(C)c2c1ccc1c2C2=c3ccccc3=CCC2OP(=O)(O)O1. The molecule has 5 heteroatoms. The van der Waals surface area contributed by atoms with Gasteiger partial charge in [-0.1, -0.05) is 50.3 Å². The van der Waals surface area contributed by atoms with Gasteiger partial charge in [0.05, 0.1) is 0 Å². The Morgan fingerprint density at radius 3 is 2.70 bits per heavy atom. The van der Waals surface area contributed by atoms with Crippen molar-refractivity contribution in [3.63, 3.8) is 0 Å². The van der Waals surface area contributed by atoms with E-state index in [1.54, 1.807) is 0 Å².